The molecule has 1 spiro atoms. The lowest BCUT2D eigenvalue weighted by molar-refractivity contribution is -0.132. The number of ether oxygens (including phenoxy) is 1. The summed E-state index contributed by atoms with van der Waals surface area (Å²) in [5, 5.41) is 0. The molecule has 134 valence electrons. The Kier molecular flexibility index (Phi) is 4.33. The Morgan fingerprint density at radius 1 is 1.40 bits per heavy atom. The second kappa shape index (κ2) is 6.50. The quantitative estimate of drug-likeness (QED) is 0.815. The van der Waals surface area contributed by atoms with E-state index < -0.39 is 5.54 Å². The van der Waals surface area contributed by atoms with E-state index in [1.165, 1.54) is 5.56 Å². The van der Waals surface area contributed by atoms with Gasteiger partial charge in [-0.25, -0.2) is 0 Å². The van der Waals surface area contributed by atoms with Gasteiger partial charge < -0.3 is 4.74 Å². The normalized spacial score (nSPS) is 31.8. The van der Waals surface area contributed by atoms with Crippen molar-refractivity contribution < 1.29 is 9.53 Å². The molecule has 1 saturated heterocycles. The fraction of sp³-hybridized carbons (Fsp3) is 0.632. The second-order valence-electron chi connectivity index (χ2n) is 7.49. The summed E-state index contributed by atoms with van der Waals surface area (Å²) in [5.74, 6) is 1.95. The SMILES string of the molecule is COCCN1C(=O)[C@]2(CC[C@@H]3CN(Cc4cccnc4)C[C@@H]32)N=C1C. The van der Waals surface area contributed by atoms with E-state index in [2.05, 4.69) is 16.0 Å². The maximum absolute atomic E-state index is 13.2. The lowest BCUT2D eigenvalue weighted by atomic mass is 9.85. The summed E-state index contributed by atoms with van der Waals surface area (Å²) in [6, 6.07) is 4.10. The highest BCUT2D eigenvalue weighted by Gasteiger charge is 2.60. The third kappa shape index (κ3) is 2.77. The van der Waals surface area contributed by atoms with E-state index in [0.717, 1.165) is 38.3 Å². The number of carbonyl (C=O) groups is 1. The second-order valence-corrected chi connectivity index (χ2v) is 7.49. The molecule has 1 aromatic rings. The van der Waals surface area contributed by atoms with Gasteiger partial charge in [-0.05, 0) is 37.3 Å². The summed E-state index contributed by atoms with van der Waals surface area (Å²) < 4.78 is 5.16. The van der Waals surface area contributed by atoms with Crippen molar-refractivity contribution >= 4 is 11.7 Å². The Balaban J connectivity index is 1.49. The van der Waals surface area contributed by atoms with E-state index in [9.17, 15) is 4.79 Å². The molecule has 0 unspecified atom stereocenters. The molecule has 0 aromatic carbocycles. The van der Waals surface area contributed by atoms with Gasteiger partial charge in [-0.15, -0.1) is 0 Å². The summed E-state index contributed by atoms with van der Waals surface area (Å²) in [5.41, 5.74) is 0.710. The molecule has 2 fully saturated rings. The molecule has 3 atom stereocenters. The minimum atomic E-state index is -0.522. The molecule has 1 saturated carbocycles. The Morgan fingerprint density at radius 2 is 2.28 bits per heavy atom. The molecule has 0 bridgehead atoms. The van der Waals surface area contributed by atoms with Gasteiger partial charge in [0.15, 0.2) is 0 Å². The van der Waals surface area contributed by atoms with Crippen LogP contribution in [0.5, 0.6) is 0 Å². The molecule has 3 aliphatic rings. The van der Waals surface area contributed by atoms with E-state index >= 15 is 0 Å². The average Bonchev–Trinajstić information content (AvgIpc) is 3.23. The summed E-state index contributed by atoms with van der Waals surface area (Å²) in [7, 11) is 1.67. The highest BCUT2D eigenvalue weighted by atomic mass is 16.5. The molecule has 4 rings (SSSR count). The Bertz CT molecular complexity index is 677. The molecule has 2 aliphatic heterocycles. The van der Waals surface area contributed by atoms with Crippen LogP contribution in [0.4, 0.5) is 0 Å². The van der Waals surface area contributed by atoms with Crippen LogP contribution in [0.1, 0.15) is 25.3 Å². The Labute approximate surface area is 148 Å². The van der Waals surface area contributed by atoms with E-state index in [4.69, 9.17) is 9.73 Å². The number of rotatable bonds is 5. The van der Waals surface area contributed by atoms with Crippen molar-refractivity contribution in [1.82, 2.24) is 14.8 Å². The number of likely N-dealkylation sites (tertiary alicyclic amines) is 1. The number of nitrogens with zero attached hydrogens (tertiary/aromatic N) is 4. The summed E-state index contributed by atoms with van der Waals surface area (Å²) >= 11 is 0. The molecule has 0 N–H and O–H groups in total. The fourth-order valence-corrected chi connectivity index (χ4v) is 4.89. The van der Waals surface area contributed by atoms with Crippen LogP contribution < -0.4 is 0 Å². The zero-order chi connectivity index (χ0) is 17.4. The van der Waals surface area contributed by atoms with Crippen LogP contribution >= 0.6 is 0 Å². The number of pyridine rings is 1. The number of methoxy groups -OCH3 is 1. The van der Waals surface area contributed by atoms with Crippen molar-refractivity contribution in [1.29, 1.82) is 0 Å². The lowest BCUT2D eigenvalue weighted by Gasteiger charge is -2.28. The van der Waals surface area contributed by atoms with Gasteiger partial charge >= 0.3 is 0 Å². The van der Waals surface area contributed by atoms with Gasteiger partial charge in [0, 0.05) is 45.1 Å². The van der Waals surface area contributed by atoms with Crippen molar-refractivity contribution in [2.45, 2.75) is 31.8 Å². The maximum atomic E-state index is 13.2. The van der Waals surface area contributed by atoms with E-state index in [1.807, 2.05) is 24.1 Å². The molecule has 25 heavy (non-hydrogen) atoms. The summed E-state index contributed by atoms with van der Waals surface area (Å²) in [6.45, 7) is 6.01. The van der Waals surface area contributed by atoms with Crippen LogP contribution in [0.15, 0.2) is 29.5 Å². The first-order chi connectivity index (χ1) is 12.1. The zero-order valence-electron chi connectivity index (χ0n) is 15.0. The van der Waals surface area contributed by atoms with E-state index in [-0.39, 0.29) is 5.91 Å². The third-order valence-corrected chi connectivity index (χ3v) is 6.04. The number of amidine groups is 1. The molecule has 1 aliphatic carbocycles. The van der Waals surface area contributed by atoms with Crippen molar-refractivity contribution in [3.05, 3.63) is 30.1 Å². The van der Waals surface area contributed by atoms with Gasteiger partial charge in [-0.3, -0.25) is 24.6 Å². The van der Waals surface area contributed by atoms with Crippen LogP contribution in [0.25, 0.3) is 0 Å². The van der Waals surface area contributed by atoms with Crippen LogP contribution in [0.3, 0.4) is 0 Å². The van der Waals surface area contributed by atoms with Crippen molar-refractivity contribution in [3.8, 4) is 0 Å². The van der Waals surface area contributed by atoms with E-state index in [1.54, 1.807) is 13.3 Å². The van der Waals surface area contributed by atoms with Crippen LogP contribution in [0, 0.1) is 11.8 Å². The molecule has 6 nitrogen and oxygen atoms in total. The molecular formula is C19H26N4O2. The number of hydrogen-bond acceptors (Lipinski definition) is 5. The minimum absolute atomic E-state index is 0.192. The van der Waals surface area contributed by atoms with Gasteiger partial charge in [0.1, 0.15) is 11.4 Å². The molecule has 3 heterocycles. The minimum Gasteiger partial charge on any atom is -0.383 e. The number of aromatic nitrogens is 1. The Morgan fingerprint density at radius 3 is 3.04 bits per heavy atom. The molecule has 1 amide bonds. The first-order valence-corrected chi connectivity index (χ1v) is 9.12. The predicted octanol–water partition coefficient (Wildman–Crippen LogP) is 1.57. The van der Waals surface area contributed by atoms with Crippen molar-refractivity contribution in [2.75, 3.05) is 33.4 Å². The largest absolute Gasteiger partial charge is 0.383 e. The highest BCUT2D eigenvalue weighted by molar-refractivity contribution is 6.07. The number of amides is 1. The lowest BCUT2D eigenvalue weighted by Crippen LogP contribution is -2.47. The smallest absolute Gasteiger partial charge is 0.256 e. The topological polar surface area (TPSA) is 58.0 Å². The number of aliphatic imine (C=N–C) groups is 1. The first kappa shape index (κ1) is 16.7. The molecule has 6 heteroatoms. The van der Waals surface area contributed by atoms with Gasteiger partial charge in [-0.1, -0.05) is 6.07 Å². The maximum Gasteiger partial charge on any atom is 0.256 e. The Hall–Kier alpha value is -1.79. The zero-order valence-corrected chi connectivity index (χ0v) is 15.0. The fourth-order valence-electron chi connectivity index (χ4n) is 4.89. The average molecular weight is 342 g/mol. The van der Waals surface area contributed by atoms with Gasteiger partial charge in [0.2, 0.25) is 0 Å². The van der Waals surface area contributed by atoms with Gasteiger partial charge in [0.25, 0.3) is 5.91 Å². The number of fused-ring (bicyclic) bond motifs is 2. The van der Waals surface area contributed by atoms with E-state index in [0.29, 0.717) is 25.0 Å². The first-order valence-electron chi connectivity index (χ1n) is 9.12. The summed E-state index contributed by atoms with van der Waals surface area (Å²) in [6.07, 6.45) is 5.72. The summed E-state index contributed by atoms with van der Waals surface area (Å²) in [4.78, 5) is 26.6. The molecule has 1 aromatic heterocycles. The van der Waals surface area contributed by atoms with Gasteiger partial charge in [0.05, 0.1) is 13.2 Å². The van der Waals surface area contributed by atoms with Crippen molar-refractivity contribution in [2.24, 2.45) is 16.8 Å². The number of hydrogen-bond donors (Lipinski definition) is 0. The standard InChI is InChI=1S/C19H26N4O2/c1-14-21-19(18(24)23(14)8-9-25-2)6-5-16-12-22(13-17(16)19)11-15-4-3-7-20-10-15/h3-4,7,10,16-17H,5-6,8-9,11-13H2,1-2H3/t16-,17+,19-/m1/s1. The van der Waals surface area contributed by atoms with Crippen LogP contribution in [-0.2, 0) is 16.1 Å². The highest BCUT2D eigenvalue weighted by Crippen LogP contribution is 2.50. The predicted molar refractivity (Wildman–Crippen MR) is 95.2 cm³/mol. The number of carbonyl (C=O) groups excluding carboxylic acids is 1. The van der Waals surface area contributed by atoms with Crippen LogP contribution in [-0.4, -0.2) is 65.4 Å². The third-order valence-electron chi connectivity index (χ3n) is 6.04. The van der Waals surface area contributed by atoms with Crippen molar-refractivity contribution in [3.63, 3.8) is 0 Å². The van der Waals surface area contributed by atoms with Crippen LogP contribution in [0.2, 0.25) is 0 Å². The molecular weight excluding hydrogens is 316 g/mol. The monoisotopic (exact) mass is 342 g/mol. The molecule has 0 radical (unpaired) electrons. The van der Waals surface area contributed by atoms with Gasteiger partial charge in [-0.2, -0.15) is 0 Å².